The summed E-state index contributed by atoms with van der Waals surface area (Å²) >= 11 is 0. The largest absolute Gasteiger partial charge is 0.483 e. The van der Waals surface area contributed by atoms with E-state index < -0.39 is 0 Å². The molecule has 1 N–H and O–H groups in total. The molecule has 1 amide bonds. The zero-order chi connectivity index (χ0) is 17.1. The molecule has 0 fully saturated rings. The number of rotatable bonds is 5. The van der Waals surface area contributed by atoms with Crippen molar-refractivity contribution in [3.05, 3.63) is 53.7 Å². The quantitative estimate of drug-likeness (QED) is 0.733. The van der Waals surface area contributed by atoms with E-state index in [1.165, 1.54) is 0 Å². The Bertz CT molecular complexity index is 915. The van der Waals surface area contributed by atoms with E-state index in [1.807, 2.05) is 37.3 Å². The lowest BCUT2D eigenvalue weighted by molar-refractivity contribution is -0.118. The van der Waals surface area contributed by atoms with Crippen LogP contribution in [0.3, 0.4) is 0 Å². The molecule has 0 saturated carbocycles. The molecule has 3 rings (SSSR count). The number of ether oxygens (including phenoxy) is 1. The van der Waals surface area contributed by atoms with E-state index in [1.54, 1.807) is 23.9 Å². The molecule has 3 aromatic rings. The average molecular weight is 323 g/mol. The van der Waals surface area contributed by atoms with Crippen LogP contribution in [0.1, 0.15) is 16.1 Å². The summed E-state index contributed by atoms with van der Waals surface area (Å²) in [5.41, 5.74) is 1.25. The van der Waals surface area contributed by atoms with Gasteiger partial charge in [0, 0.05) is 13.1 Å². The molecule has 0 bridgehead atoms. The number of nitrogens with one attached hydrogen (secondary N) is 1. The summed E-state index contributed by atoms with van der Waals surface area (Å²) in [6, 6.07) is 12.9. The predicted octanol–water partition coefficient (Wildman–Crippen LogP) is 2.71. The highest BCUT2D eigenvalue weighted by molar-refractivity contribution is 6.01. The summed E-state index contributed by atoms with van der Waals surface area (Å²) in [4.78, 5) is 23.5. The molecule has 2 aromatic carbocycles. The zero-order valence-electron chi connectivity index (χ0n) is 13.4. The van der Waals surface area contributed by atoms with Crippen molar-refractivity contribution in [3.63, 3.8) is 0 Å². The summed E-state index contributed by atoms with van der Waals surface area (Å²) in [6.45, 7) is 1.65. The van der Waals surface area contributed by atoms with Crippen molar-refractivity contribution in [1.82, 2.24) is 9.78 Å². The van der Waals surface area contributed by atoms with Crippen molar-refractivity contribution in [2.75, 3.05) is 11.9 Å². The summed E-state index contributed by atoms with van der Waals surface area (Å²) < 4.78 is 7.13. The van der Waals surface area contributed by atoms with Gasteiger partial charge in [-0.15, -0.1) is 0 Å². The van der Waals surface area contributed by atoms with Crippen LogP contribution in [0.4, 0.5) is 5.82 Å². The van der Waals surface area contributed by atoms with Crippen LogP contribution in [0.5, 0.6) is 5.75 Å². The van der Waals surface area contributed by atoms with Crippen LogP contribution in [0.2, 0.25) is 0 Å². The van der Waals surface area contributed by atoms with Crippen LogP contribution in [-0.2, 0) is 11.8 Å². The second-order valence-electron chi connectivity index (χ2n) is 5.45. The lowest BCUT2D eigenvalue weighted by Gasteiger charge is -2.11. The number of anilines is 1. The Morgan fingerprint density at radius 1 is 1.29 bits per heavy atom. The van der Waals surface area contributed by atoms with Gasteiger partial charge in [0.25, 0.3) is 5.91 Å². The van der Waals surface area contributed by atoms with Crippen molar-refractivity contribution in [1.29, 1.82) is 0 Å². The molecule has 1 aromatic heterocycles. The Morgan fingerprint density at radius 2 is 2.08 bits per heavy atom. The molecule has 0 aliphatic carbocycles. The van der Waals surface area contributed by atoms with E-state index >= 15 is 0 Å². The molecule has 6 heteroatoms. The van der Waals surface area contributed by atoms with E-state index in [9.17, 15) is 9.59 Å². The monoisotopic (exact) mass is 323 g/mol. The van der Waals surface area contributed by atoms with Crippen LogP contribution in [0, 0.1) is 6.92 Å². The molecular formula is C18H17N3O3. The fourth-order valence-corrected chi connectivity index (χ4v) is 2.57. The van der Waals surface area contributed by atoms with Gasteiger partial charge in [-0.1, -0.05) is 30.3 Å². The summed E-state index contributed by atoms with van der Waals surface area (Å²) in [5, 5.41) is 8.63. The van der Waals surface area contributed by atoms with Gasteiger partial charge in [0.05, 0.1) is 11.3 Å². The highest BCUT2D eigenvalue weighted by atomic mass is 16.5. The van der Waals surface area contributed by atoms with Crippen molar-refractivity contribution < 1.29 is 14.3 Å². The number of fused-ring (bicyclic) bond motifs is 1. The van der Waals surface area contributed by atoms with Crippen molar-refractivity contribution >= 4 is 28.8 Å². The number of nitrogens with zero attached hydrogens (tertiary/aromatic N) is 2. The van der Waals surface area contributed by atoms with Crippen molar-refractivity contribution in [2.45, 2.75) is 6.92 Å². The number of amides is 1. The maximum atomic E-state index is 12.0. The van der Waals surface area contributed by atoms with Gasteiger partial charge in [-0.25, -0.2) is 0 Å². The maximum absolute atomic E-state index is 12.0. The van der Waals surface area contributed by atoms with Crippen LogP contribution in [0.25, 0.3) is 10.8 Å². The zero-order valence-corrected chi connectivity index (χ0v) is 13.4. The first-order valence-corrected chi connectivity index (χ1v) is 7.48. The van der Waals surface area contributed by atoms with Crippen LogP contribution < -0.4 is 10.1 Å². The van der Waals surface area contributed by atoms with Crippen LogP contribution >= 0.6 is 0 Å². The molecule has 0 atom stereocenters. The van der Waals surface area contributed by atoms with Gasteiger partial charge < -0.3 is 10.1 Å². The van der Waals surface area contributed by atoms with E-state index in [2.05, 4.69) is 10.4 Å². The highest BCUT2D eigenvalue weighted by Crippen LogP contribution is 2.26. The fourth-order valence-electron chi connectivity index (χ4n) is 2.57. The topological polar surface area (TPSA) is 73.2 Å². The fraction of sp³-hybridized carbons (Fsp3) is 0.167. The number of carbonyl (C=O) groups is 2. The van der Waals surface area contributed by atoms with Gasteiger partial charge in [-0.2, -0.15) is 5.10 Å². The van der Waals surface area contributed by atoms with Crippen molar-refractivity contribution in [2.24, 2.45) is 7.05 Å². The number of carbonyl (C=O) groups excluding carboxylic acids is 2. The molecule has 122 valence electrons. The molecule has 0 saturated heterocycles. The number of aldehydes is 1. The third kappa shape index (κ3) is 3.12. The summed E-state index contributed by atoms with van der Waals surface area (Å²) in [5.74, 6) is 0.665. The molecule has 24 heavy (non-hydrogen) atoms. The van der Waals surface area contributed by atoms with Gasteiger partial charge in [0.2, 0.25) is 0 Å². The third-order valence-corrected chi connectivity index (χ3v) is 3.68. The van der Waals surface area contributed by atoms with E-state index in [0.717, 1.165) is 22.8 Å². The minimum atomic E-state index is -0.317. The molecule has 1 heterocycles. The number of hydrogen-bond acceptors (Lipinski definition) is 4. The van der Waals surface area contributed by atoms with Gasteiger partial charge >= 0.3 is 0 Å². The number of aryl methyl sites for hydroxylation is 2. The third-order valence-electron chi connectivity index (χ3n) is 3.68. The Balaban J connectivity index is 1.74. The number of hydrogen-bond donors (Lipinski definition) is 1. The SMILES string of the molecule is Cc1cc(NC(=O)COc2ccc3ccccc3c2C=O)n(C)n1. The number of aromatic nitrogens is 2. The smallest absolute Gasteiger partial charge is 0.263 e. The molecule has 6 nitrogen and oxygen atoms in total. The molecule has 0 aliphatic heterocycles. The second kappa shape index (κ2) is 6.54. The molecular weight excluding hydrogens is 306 g/mol. The van der Waals surface area contributed by atoms with Gasteiger partial charge in [-0.05, 0) is 23.8 Å². The highest BCUT2D eigenvalue weighted by Gasteiger charge is 2.11. The molecule has 0 aliphatic rings. The molecule has 0 spiro atoms. The first kappa shape index (κ1) is 15.7. The maximum Gasteiger partial charge on any atom is 0.263 e. The Labute approximate surface area is 139 Å². The van der Waals surface area contributed by atoms with E-state index in [0.29, 0.717) is 17.1 Å². The van der Waals surface area contributed by atoms with Gasteiger partial charge in [0.1, 0.15) is 11.6 Å². The molecule has 0 radical (unpaired) electrons. The summed E-state index contributed by atoms with van der Waals surface area (Å²) in [7, 11) is 1.75. The van der Waals surface area contributed by atoms with Gasteiger partial charge in [-0.3, -0.25) is 14.3 Å². The first-order chi connectivity index (χ1) is 11.6. The van der Waals surface area contributed by atoms with Crippen LogP contribution in [-0.4, -0.2) is 28.6 Å². The van der Waals surface area contributed by atoms with Crippen molar-refractivity contribution in [3.8, 4) is 5.75 Å². The van der Waals surface area contributed by atoms with Crippen LogP contribution in [0.15, 0.2) is 42.5 Å². The Hall–Kier alpha value is -3.15. The molecule has 0 unspecified atom stereocenters. The van der Waals surface area contributed by atoms with E-state index in [4.69, 9.17) is 4.74 Å². The standard InChI is InChI=1S/C18H17N3O3/c1-12-9-17(21(2)20-12)19-18(23)11-24-16-8-7-13-5-3-4-6-14(13)15(16)10-22/h3-10H,11H2,1-2H3,(H,19,23). The second-order valence-corrected chi connectivity index (χ2v) is 5.45. The Kier molecular flexibility index (Phi) is 4.29. The van der Waals surface area contributed by atoms with Gasteiger partial charge in [0.15, 0.2) is 12.9 Å². The lowest BCUT2D eigenvalue weighted by atomic mass is 10.0. The minimum absolute atomic E-state index is 0.191. The average Bonchev–Trinajstić information content (AvgIpc) is 2.89. The summed E-state index contributed by atoms with van der Waals surface area (Å²) in [6.07, 6.45) is 0.750. The minimum Gasteiger partial charge on any atom is -0.483 e. The predicted molar refractivity (Wildman–Crippen MR) is 91.4 cm³/mol. The normalized spacial score (nSPS) is 10.6. The Morgan fingerprint density at radius 3 is 2.79 bits per heavy atom. The lowest BCUT2D eigenvalue weighted by Crippen LogP contribution is -2.22. The first-order valence-electron chi connectivity index (χ1n) is 7.48. The van der Waals surface area contributed by atoms with E-state index in [-0.39, 0.29) is 12.5 Å². The number of benzene rings is 2.